The quantitative estimate of drug-likeness (QED) is 0.899. The van der Waals surface area contributed by atoms with Gasteiger partial charge in [-0.05, 0) is 38.1 Å². The van der Waals surface area contributed by atoms with E-state index in [4.69, 9.17) is 0 Å². The van der Waals surface area contributed by atoms with Gasteiger partial charge in [-0.3, -0.25) is 14.5 Å². The molecule has 0 aromatic carbocycles. The van der Waals surface area contributed by atoms with E-state index in [0.717, 1.165) is 25.3 Å². The smallest absolute Gasteiger partial charge is 0.270 e. The Balaban J connectivity index is 1.50. The number of likely N-dealkylation sites (N-methyl/N-ethyl adjacent to an activating group) is 1. The Hall–Kier alpha value is -1.82. The van der Waals surface area contributed by atoms with Crippen LogP contribution < -0.4 is 5.32 Å². The molecule has 1 fully saturated rings. The van der Waals surface area contributed by atoms with Crippen LogP contribution in [0.2, 0.25) is 0 Å². The fourth-order valence-electron chi connectivity index (χ4n) is 3.45. The van der Waals surface area contributed by atoms with E-state index in [1.807, 2.05) is 29.9 Å². The molecule has 126 valence electrons. The van der Waals surface area contributed by atoms with Gasteiger partial charge >= 0.3 is 0 Å². The van der Waals surface area contributed by atoms with Crippen molar-refractivity contribution in [3.63, 3.8) is 0 Å². The molecule has 6 heteroatoms. The highest BCUT2D eigenvalue weighted by Crippen LogP contribution is 2.16. The zero-order chi connectivity index (χ0) is 16.2. The van der Waals surface area contributed by atoms with Crippen LogP contribution in [0.3, 0.4) is 0 Å². The number of carbonyl (C=O) groups excluding carboxylic acids is 2. The first-order valence-corrected chi connectivity index (χ1v) is 8.56. The second-order valence-electron chi connectivity index (χ2n) is 6.61. The van der Waals surface area contributed by atoms with Gasteiger partial charge in [-0.2, -0.15) is 0 Å². The van der Waals surface area contributed by atoms with E-state index in [1.165, 1.54) is 25.7 Å². The lowest BCUT2D eigenvalue weighted by Crippen LogP contribution is -2.51. The molecule has 3 heterocycles. The molecule has 23 heavy (non-hydrogen) atoms. The van der Waals surface area contributed by atoms with E-state index in [2.05, 4.69) is 10.2 Å². The van der Waals surface area contributed by atoms with Gasteiger partial charge in [-0.25, -0.2) is 0 Å². The maximum Gasteiger partial charge on any atom is 0.270 e. The minimum Gasteiger partial charge on any atom is -0.353 e. The van der Waals surface area contributed by atoms with Crippen molar-refractivity contribution >= 4 is 11.8 Å². The molecule has 2 aliphatic heterocycles. The molecule has 3 rings (SSSR count). The molecule has 0 aliphatic carbocycles. The number of likely N-dealkylation sites (tertiary alicyclic amines) is 1. The molecular formula is C17H26N4O2. The van der Waals surface area contributed by atoms with Crippen molar-refractivity contribution in [3.05, 3.63) is 24.0 Å². The van der Waals surface area contributed by atoms with Gasteiger partial charge in [-0.1, -0.05) is 12.8 Å². The summed E-state index contributed by atoms with van der Waals surface area (Å²) in [4.78, 5) is 28.4. The maximum atomic E-state index is 12.3. The summed E-state index contributed by atoms with van der Waals surface area (Å²) in [7, 11) is 1.81. The molecule has 1 atom stereocenters. The summed E-state index contributed by atoms with van der Waals surface area (Å²) in [5.74, 6) is 0.0825. The third-order valence-corrected chi connectivity index (χ3v) is 4.92. The second kappa shape index (κ2) is 7.17. The fraction of sp³-hybridized carbons (Fsp3) is 0.647. The lowest BCUT2D eigenvalue weighted by Gasteiger charge is -2.34. The highest BCUT2D eigenvalue weighted by atomic mass is 16.2. The molecule has 1 aromatic rings. The molecule has 0 bridgehead atoms. The minimum atomic E-state index is 0.00971. The molecular weight excluding hydrogens is 292 g/mol. The van der Waals surface area contributed by atoms with E-state index in [-0.39, 0.29) is 17.9 Å². The van der Waals surface area contributed by atoms with Gasteiger partial charge in [0.1, 0.15) is 5.69 Å². The zero-order valence-corrected chi connectivity index (χ0v) is 13.8. The summed E-state index contributed by atoms with van der Waals surface area (Å²) in [5.41, 5.74) is 0.722. The number of hydrogen-bond donors (Lipinski definition) is 1. The average Bonchev–Trinajstić information content (AvgIpc) is 2.86. The molecule has 0 radical (unpaired) electrons. The number of nitrogens with one attached hydrogen (secondary N) is 1. The normalized spacial score (nSPS) is 22.6. The Labute approximate surface area is 137 Å². The Bertz CT molecular complexity index is 561. The molecule has 2 amide bonds. The van der Waals surface area contributed by atoms with Crippen LogP contribution >= 0.6 is 0 Å². The standard InChI is InChI=1S/C17H26N4O2/c1-19-14(12-21-10-6-7-15(21)17(19)23)11-18-16(22)13-20-8-4-2-3-5-9-20/h6-7,10,14H,2-5,8-9,11-13H2,1H3,(H,18,22). The van der Waals surface area contributed by atoms with Crippen LogP contribution in [0.4, 0.5) is 0 Å². The van der Waals surface area contributed by atoms with Crippen molar-refractivity contribution in [3.8, 4) is 0 Å². The first-order valence-electron chi connectivity index (χ1n) is 8.56. The Morgan fingerprint density at radius 2 is 2.00 bits per heavy atom. The summed E-state index contributed by atoms with van der Waals surface area (Å²) < 4.78 is 1.97. The first kappa shape index (κ1) is 16.1. The predicted molar refractivity (Wildman–Crippen MR) is 88.2 cm³/mol. The minimum absolute atomic E-state index is 0.00971. The topological polar surface area (TPSA) is 57.6 Å². The Kier molecular flexibility index (Phi) is 5.00. The number of nitrogens with zero attached hydrogens (tertiary/aromatic N) is 3. The molecule has 0 spiro atoms. The lowest BCUT2D eigenvalue weighted by atomic mass is 10.1. The van der Waals surface area contributed by atoms with Crippen LogP contribution in [0.5, 0.6) is 0 Å². The van der Waals surface area contributed by atoms with Crippen LogP contribution in [0.1, 0.15) is 36.2 Å². The molecule has 1 saturated heterocycles. The van der Waals surface area contributed by atoms with E-state index >= 15 is 0 Å². The molecule has 0 saturated carbocycles. The van der Waals surface area contributed by atoms with Crippen molar-refractivity contribution in [2.24, 2.45) is 0 Å². The molecule has 2 aliphatic rings. The van der Waals surface area contributed by atoms with Crippen LogP contribution in [0, 0.1) is 0 Å². The second-order valence-corrected chi connectivity index (χ2v) is 6.61. The van der Waals surface area contributed by atoms with Gasteiger partial charge in [0, 0.05) is 26.3 Å². The fourth-order valence-corrected chi connectivity index (χ4v) is 3.45. The van der Waals surface area contributed by atoms with Crippen molar-refractivity contribution < 1.29 is 9.59 Å². The van der Waals surface area contributed by atoms with E-state index in [9.17, 15) is 9.59 Å². The Morgan fingerprint density at radius 3 is 2.74 bits per heavy atom. The zero-order valence-electron chi connectivity index (χ0n) is 13.8. The van der Waals surface area contributed by atoms with Crippen molar-refractivity contribution in [2.45, 2.75) is 38.3 Å². The molecule has 6 nitrogen and oxygen atoms in total. The van der Waals surface area contributed by atoms with E-state index in [1.54, 1.807) is 4.90 Å². The lowest BCUT2D eigenvalue weighted by molar-refractivity contribution is -0.122. The summed E-state index contributed by atoms with van der Waals surface area (Å²) in [6.07, 6.45) is 6.83. The summed E-state index contributed by atoms with van der Waals surface area (Å²) in [6, 6.07) is 3.74. The molecule has 1 unspecified atom stereocenters. The van der Waals surface area contributed by atoms with Gasteiger partial charge < -0.3 is 14.8 Å². The van der Waals surface area contributed by atoms with Crippen molar-refractivity contribution in [1.82, 2.24) is 19.7 Å². The average molecular weight is 318 g/mol. The third kappa shape index (κ3) is 3.75. The van der Waals surface area contributed by atoms with Crippen LogP contribution in [-0.2, 0) is 11.3 Å². The van der Waals surface area contributed by atoms with Gasteiger partial charge in [0.25, 0.3) is 5.91 Å². The van der Waals surface area contributed by atoms with Gasteiger partial charge in [0.05, 0.1) is 12.6 Å². The van der Waals surface area contributed by atoms with Crippen LogP contribution in [0.15, 0.2) is 18.3 Å². The number of rotatable bonds is 4. The van der Waals surface area contributed by atoms with Crippen molar-refractivity contribution in [1.29, 1.82) is 0 Å². The largest absolute Gasteiger partial charge is 0.353 e. The number of carbonyl (C=O) groups is 2. The molecule has 1 N–H and O–H groups in total. The number of aromatic nitrogens is 1. The number of fused-ring (bicyclic) bond motifs is 1. The van der Waals surface area contributed by atoms with Gasteiger partial charge in [0.15, 0.2) is 0 Å². The van der Waals surface area contributed by atoms with Crippen molar-refractivity contribution in [2.75, 3.05) is 33.2 Å². The number of hydrogen-bond acceptors (Lipinski definition) is 3. The first-order chi connectivity index (χ1) is 11.1. The highest BCUT2D eigenvalue weighted by molar-refractivity contribution is 5.93. The highest BCUT2D eigenvalue weighted by Gasteiger charge is 2.29. The van der Waals surface area contributed by atoms with E-state index in [0.29, 0.717) is 13.1 Å². The summed E-state index contributed by atoms with van der Waals surface area (Å²) in [6.45, 7) is 3.74. The van der Waals surface area contributed by atoms with Crippen LogP contribution in [-0.4, -0.2) is 65.4 Å². The summed E-state index contributed by atoms with van der Waals surface area (Å²) >= 11 is 0. The number of amides is 2. The van der Waals surface area contributed by atoms with Gasteiger partial charge in [-0.15, -0.1) is 0 Å². The molecule has 1 aromatic heterocycles. The monoisotopic (exact) mass is 318 g/mol. The Morgan fingerprint density at radius 1 is 1.26 bits per heavy atom. The predicted octanol–water partition coefficient (Wildman–Crippen LogP) is 0.935. The maximum absolute atomic E-state index is 12.3. The SMILES string of the molecule is CN1C(=O)c2cccn2CC1CNC(=O)CN1CCCCCC1. The van der Waals surface area contributed by atoms with E-state index < -0.39 is 0 Å². The van der Waals surface area contributed by atoms with Gasteiger partial charge in [0.2, 0.25) is 5.91 Å². The van der Waals surface area contributed by atoms with Crippen LogP contribution in [0.25, 0.3) is 0 Å². The third-order valence-electron chi connectivity index (χ3n) is 4.92. The summed E-state index contributed by atoms with van der Waals surface area (Å²) in [5, 5.41) is 3.01.